The number of thiophene rings is 1. The van der Waals surface area contributed by atoms with E-state index in [1.54, 1.807) is 37.3 Å². The molecule has 0 spiro atoms. The lowest BCUT2D eigenvalue weighted by Crippen LogP contribution is -2.49. The highest BCUT2D eigenvalue weighted by atomic mass is 32.1. The Morgan fingerprint density at radius 3 is 2.47 bits per heavy atom. The topological polar surface area (TPSA) is 116 Å². The zero-order chi connectivity index (χ0) is 34.7. The molecule has 49 heavy (non-hydrogen) atoms. The molecule has 12 heteroatoms. The molecule has 2 aliphatic rings. The molecular weight excluding hydrogens is 649 g/mol. The van der Waals surface area contributed by atoms with Crippen molar-refractivity contribution < 1.29 is 33.0 Å². The number of fused-ring (bicyclic) bond motifs is 1. The fourth-order valence-corrected chi connectivity index (χ4v) is 6.89. The number of benzene rings is 2. The van der Waals surface area contributed by atoms with Gasteiger partial charge in [0.25, 0.3) is 0 Å². The minimum Gasteiger partial charge on any atom is -0.492 e. The molecule has 0 bridgehead atoms. The average molecular weight is 690 g/mol. The highest BCUT2D eigenvalue weighted by Crippen LogP contribution is 2.44. The quantitative estimate of drug-likeness (QED) is 0.105. The monoisotopic (exact) mass is 689 g/mol. The van der Waals surface area contributed by atoms with E-state index in [2.05, 4.69) is 5.32 Å². The maximum Gasteiger partial charge on any atom is 0.343 e. The number of ketones is 1. The lowest BCUT2D eigenvalue weighted by molar-refractivity contribution is -0.145. The largest absolute Gasteiger partial charge is 0.492 e. The summed E-state index contributed by atoms with van der Waals surface area (Å²) in [6.07, 6.45) is 4.10. The van der Waals surface area contributed by atoms with Crippen LogP contribution in [0.5, 0.6) is 5.75 Å². The second-order valence-electron chi connectivity index (χ2n) is 12.6. The van der Waals surface area contributed by atoms with Crippen LogP contribution in [0, 0.1) is 5.82 Å². The van der Waals surface area contributed by atoms with Crippen LogP contribution in [0.3, 0.4) is 0 Å². The number of esters is 2. The van der Waals surface area contributed by atoms with Crippen molar-refractivity contribution in [1.82, 2.24) is 9.88 Å². The summed E-state index contributed by atoms with van der Waals surface area (Å²) in [6, 6.07) is 12.0. The van der Waals surface area contributed by atoms with E-state index >= 15 is 4.39 Å². The smallest absolute Gasteiger partial charge is 0.343 e. The highest BCUT2D eigenvalue weighted by molar-refractivity contribution is 7.12. The number of nitrogens with zero attached hydrogens (tertiary/aromatic N) is 2. The molecule has 2 atom stereocenters. The number of carbonyl (C=O) groups is 3. The van der Waals surface area contributed by atoms with E-state index in [1.165, 1.54) is 30.7 Å². The van der Waals surface area contributed by atoms with Crippen molar-refractivity contribution in [2.75, 3.05) is 44.9 Å². The number of rotatable bonds is 13. The van der Waals surface area contributed by atoms with E-state index in [0.29, 0.717) is 54.1 Å². The fourth-order valence-electron chi connectivity index (χ4n) is 6.21. The molecular formula is C37H40FN3O7S. The van der Waals surface area contributed by atoms with E-state index in [9.17, 15) is 19.2 Å². The van der Waals surface area contributed by atoms with E-state index in [0.717, 1.165) is 18.4 Å². The Labute approximate surface area is 287 Å². The van der Waals surface area contributed by atoms with Gasteiger partial charge in [-0.25, -0.2) is 9.18 Å². The number of ether oxygens (including phenoxy) is 3. The summed E-state index contributed by atoms with van der Waals surface area (Å²) in [5, 5.41) is 5.28. The number of piperazine rings is 1. The third kappa shape index (κ3) is 7.40. The summed E-state index contributed by atoms with van der Waals surface area (Å²) in [7, 11) is 1.47. The lowest BCUT2D eigenvalue weighted by Gasteiger charge is -2.35. The SMILES string of the molecule is COc1c(N2CCNC(C)C2)c(F)cc2c(=O)c(C(=O)OCCCCOC(=O)C(C)c3ccc(C(=O)c4cccs4)cc3)cn(C3CC3)c12. The van der Waals surface area contributed by atoms with Gasteiger partial charge in [-0.05, 0) is 62.6 Å². The summed E-state index contributed by atoms with van der Waals surface area (Å²) in [5.41, 5.74) is 1.32. The van der Waals surface area contributed by atoms with Gasteiger partial charge in [0.1, 0.15) is 11.3 Å². The Bertz CT molecular complexity index is 1900. The van der Waals surface area contributed by atoms with Crippen LogP contribution in [-0.2, 0) is 14.3 Å². The van der Waals surface area contributed by atoms with E-state index in [-0.39, 0.29) is 47.8 Å². The number of carbonyl (C=O) groups excluding carboxylic acids is 3. The number of hydrogen-bond acceptors (Lipinski definition) is 10. The number of methoxy groups -OCH3 is 1. The molecule has 1 saturated heterocycles. The zero-order valence-corrected chi connectivity index (χ0v) is 28.6. The maximum atomic E-state index is 15.7. The van der Waals surface area contributed by atoms with Gasteiger partial charge in [0, 0.05) is 43.5 Å². The molecule has 2 aromatic carbocycles. The van der Waals surface area contributed by atoms with Crippen molar-refractivity contribution in [2.24, 2.45) is 0 Å². The van der Waals surface area contributed by atoms with Crippen molar-refractivity contribution in [3.63, 3.8) is 0 Å². The number of unbranched alkanes of at least 4 members (excludes halogenated alkanes) is 1. The Balaban J connectivity index is 1.05. The number of pyridine rings is 1. The second-order valence-corrected chi connectivity index (χ2v) is 13.6. The van der Waals surface area contributed by atoms with Gasteiger partial charge in [0.15, 0.2) is 11.6 Å². The first kappa shape index (κ1) is 34.3. The minimum absolute atomic E-state index is 0.0182. The van der Waals surface area contributed by atoms with Gasteiger partial charge in [-0.2, -0.15) is 0 Å². The first-order valence-electron chi connectivity index (χ1n) is 16.6. The predicted octanol–water partition coefficient (Wildman–Crippen LogP) is 5.86. The van der Waals surface area contributed by atoms with Crippen LogP contribution >= 0.6 is 11.3 Å². The van der Waals surface area contributed by atoms with Gasteiger partial charge < -0.3 is 29.0 Å². The summed E-state index contributed by atoms with van der Waals surface area (Å²) >= 11 is 1.38. The van der Waals surface area contributed by atoms with Crippen molar-refractivity contribution in [3.05, 3.63) is 91.6 Å². The van der Waals surface area contributed by atoms with Crippen molar-refractivity contribution in [3.8, 4) is 5.75 Å². The number of aromatic nitrogens is 1. The molecule has 2 aromatic heterocycles. The molecule has 258 valence electrons. The van der Waals surface area contributed by atoms with Crippen LogP contribution < -0.4 is 20.4 Å². The van der Waals surface area contributed by atoms with Crippen LogP contribution in [0.25, 0.3) is 10.9 Å². The number of halogens is 1. The predicted molar refractivity (Wildman–Crippen MR) is 186 cm³/mol. The Morgan fingerprint density at radius 1 is 1.08 bits per heavy atom. The fraction of sp³-hybridized carbons (Fsp3) is 0.405. The van der Waals surface area contributed by atoms with Gasteiger partial charge in [0.05, 0.1) is 42.0 Å². The summed E-state index contributed by atoms with van der Waals surface area (Å²) in [5.74, 6) is -2.05. The molecule has 10 nitrogen and oxygen atoms in total. The molecule has 6 rings (SSSR count). The minimum atomic E-state index is -0.785. The lowest BCUT2D eigenvalue weighted by atomic mass is 9.98. The number of hydrogen-bond donors (Lipinski definition) is 1. The Morgan fingerprint density at radius 2 is 1.82 bits per heavy atom. The number of anilines is 1. The van der Waals surface area contributed by atoms with Crippen LogP contribution in [0.2, 0.25) is 0 Å². The first-order valence-corrected chi connectivity index (χ1v) is 17.5. The molecule has 2 fully saturated rings. The van der Waals surface area contributed by atoms with E-state index < -0.39 is 29.1 Å². The van der Waals surface area contributed by atoms with Crippen molar-refractivity contribution in [1.29, 1.82) is 0 Å². The van der Waals surface area contributed by atoms with Crippen molar-refractivity contribution >= 4 is 45.6 Å². The summed E-state index contributed by atoms with van der Waals surface area (Å²) in [6.45, 7) is 5.79. The molecule has 2 unspecified atom stereocenters. The zero-order valence-electron chi connectivity index (χ0n) is 27.8. The summed E-state index contributed by atoms with van der Waals surface area (Å²) < 4.78 is 34.2. The van der Waals surface area contributed by atoms with Gasteiger partial charge in [-0.1, -0.05) is 30.3 Å². The van der Waals surface area contributed by atoms with Gasteiger partial charge in [-0.15, -0.1) is 11.3 Å². The van der Waals surface area contributed by atoms with E-state index in [1.807, 2.05) is 27.8 Å². The molecule has 1 saturated carbocycles. The normalized spacial score (nSPS) is 16.7. The first-order chi connectivity index (χ1) is 23.7. The molecule has 1 N–H and O–H groups in total. The molecule has 1 aliphatic carbocycles. The molecule has 0 radical (unpaired) electrons. The highest BCUT2D eigenvalue weighted by Gasteiger charge is 2.32. The molecule has 4 aromatic rings. The molecule has 1 aliphatic heterocycles. The maximum absolute atomic E-state index is 15.7. The average Bonchev–Trinajstić information content (AvgIpc) is 3.80. The van der Waals surface area contributed by atoms with Gasteiger partial charge in [0.2, 0.25) is 11.2 Å². The van der Waals surface area contributed by atoms with Gasteiger partial charge in [-0.3, -0.25) is 14.4 Å². The standard InChI is InChI=1S/C37H40FN3O7S/c1-22-20-40(15-14-39-22)32-29(38)19-27-31(35(32)46-3)41(26-12-13-26)21-28(34(27)43)37(45)48-17-5-4-16-47-36(44)23(2)24-8-10-25(11-9-24)33(42)30-7-6-18-49-30/h6-11,18-19,21-23,26,39H,4-5,12-17,20H2,1-3H3. The van der Waals surface area contributed by atoms with Crippen LogP contribution in [0.15, 0.2) is 58.8 Å². The Hall–Kier alpha value is -4.55. The van der Waals surface area contributed by atoms with Crippen molar-refractivity contribution in [2.45, 2.75) is 57.5 Å². The summed E-state index contributed by atoms with van der Waals surface area (Å²) in [4.78, 5) is 54.5. The third-order valence-corrected chi connectivity index (χ3v) is 9.90. The third-order valence-electron chi connectivity index (χ3n) is 9.04. The van der Waals surface area contributed by atoms with Gasteiger partial charge >= 0.3 is 11.9 Å². The van der Waals surface area contributed by atoms with E-state index in [4.69, 9.17) is 14.2 Å². The van der Waals surface area contributed by atoms with Crippen LogP contribution in [0.1, 0.15) is 82.6 Å². The number of nitrogens with one attached hydrogen (secondary N) is 1. The van der Waals surface area contributed by atoms with Crippen LogP contribution in [0.4, 0.5) is 10.1 Å². The van der Waals surface area contributed by atoms with Crippen LogP contribution in [-0.4, -0.2) is 68.3 Å². The molecule has 3 heterocycles. The molecule has 0 amide bonds. The second kappa shape index (κ2) is 14.9. The Kier molecular flexibility index (Phi) is 10.4.